The first-order valence-electron chi connectivity index (χ1n) is 5.28. The van der Waals surface area contributed by atoms with E-state index in [2.05, 4.69) is 6.58 Å². The summed E-state index contributed by atoms with van der Waals surface area (Å²) in [5.41, 5.74) is 5.34. The molecular weight excluding hydrogens is 258 g/mol. The molecule has 8 nitrogen and oxygen atoms in total. The zero-order chi connectivity index (χ0) is 15.4. The maximum Gasteiger partial charge on any atom is 0.372 e. The fourth-order valence-electron chi connectivity index (χ4n) is 0.735. The molecule has 0 aliphatic heterocycles. The molecule has 1 unspecified atom stereocenters. The Bertz CT molecular complexity index is 351. The van der Waals surface area contributed by atoms with E-state index < -0.39 is 36.5 Å². The first-order valence-corrected chi connectivity index (χ1v) is 5.28. The number of carboxylic acid groups (broad SMARTS) is 3. The topological polar surface area (TPSA) is 155 Å². The third-order valence-corrected chi connectivity index (χ3v) is 1.80. The highest BCUT2D eigenvalue weighted by atomic mass is 16.4. The first-order chi connectivity index (χ1) is 8.70. The molecule has 0 aliphatic carbocycles. The molecule has 1 atom stereocenters. The van der Waals surface area contributed by atoms with E-state index in [1.165, 1.54) is 0 Å². The van der Waals surface area contributed by atoms with Crippen molar-refractivity contribution in [2.24, 2.45) is 5.73 Å². The Balaban J connectivity index is 0. The van der Waals surface area contributed by atoms with Crippen LogP contribution in [-0.2, 0) is 19.2 Å². The lowest BCUT2D eigenvalue weighted by Crippen LogP contribution is -2.17. The van der Waals surface area contributed by atoms with Gasteiger partial charge in [-0.15, -0.1) is 6.58 Å². The highest BCUT2D eigenvalue weighted by Gasteiger charge is 2.12. The minimum Gasteiger partial charge on any atom is -0.481 e. The molecule has 0 rings (SSSR count). The lowest BCUT2D eigenvalue weighted by molar-refractivity contribution is -0.149. The van der Waals surface area contributed by atoms with Crippen molar-refractivity contribution in [2.45, 2.75) is 31.7 Å². The summed E-state index contributed by atoms with van der Waals surface area (Å²) in [6.45, 7) is 3.42. The van der Waals surface area contributed by atoms with Gasteiger partial charge in [-0.05, 0) is 6.42 Å². The van der Waals surface area contributed by atoms with Crippen molar-refractivity contribution in [1.29, 1.82) is 0 Å². The number of hydrogen-bond acceptors (Lipinski definition) is 5. The van der Waals surface area contributed by atoms with Gasteiger partial charge in [-0.25, -0.2) is 4.79 Å². The van der Waals surface area contributed by atoms with Crippen molar-refractivity contribution in [2.75, 3.05) is 0 Å². The third-order valence-electron chi connectivity index (χ3n) is 1.80. The van der Waals surface area contributed by atoms with Crippen molar-refractivity contribution in [3.63, 3.8) is 0 Å². The average molecular weight is 275 g/mol. The molecule has 0 heterocycles. The Kier molecular flexibility index (Phi) is 11.0. The number of carbonyl (C=O) groups excluding carboxylic acids is 1. The second-order valence-corrected chi connectivity index (χ2v) is 3.45. The van der Waals surface area contributed by atoms with Gasteiger partial charge in [0.15, 0.2) is 0 Å². The molecule has 8 heteroatoms. The van der Waals surface area contributed by atoms with Gasteiger partial charge in [0.2, 0.25) is 5.78 Å². The third kappa shape index (κ3) is 15.8. The highest BCUT2D eigenvalue weighted by molar-refractivity contribution is 6.32. The van der Waals surface area contributed by atoms with E-state index in [9.17, 15) is 19.2 Å². The number of rotatable bonds is 8. The van der Waals surface area contributed by atoms with Crippen LogP contribution in [0.5, 0.6) is 0 Å². The van der Waals surface area contributed by atoms with E-state index in [0.29, 0.717) is 6.42 Å². The van der Waals surface area contributed by atoms with Gasteiger partial charge < -0.3 is 21.1 Å². The fraction of sp³-hybridized carbons (Fsp3) is 0.455. The van der Waals surface area contributed by atoms with Gasteiger partial charge in [0.25, 0.3) is 0 Å². The minimum absolute atomic E-state index is 0.118. The van der Waals surface area contributed by atoms with E-state index in [1.807, 2.05) is 0 Å². The van der Waals surface area contributed by atoms with Crippen molar-refractivity contribution in [3.05, 3.63) is 12.7 Å². The smallest absolute Gasteiger partial charge is 0.372 e. The van der Waals surface area contributed by atoms with Crippen LogP contribution in [0.3, 0.4) is 0 Å². The normalized spacial score (nSPS) is 10.6. The number of ketones is 1. The molecule has 0 aromatic heterocycles. The summed E-state index contributed by atoms with van der Waals surface area (Å²) < 4.78 is 0. The molecule has 0 aromatic rings. The van der Waals surface area contributed by atoms with Crippen LogP contribution in [0.4, 0.5) is 0 Å². The molecule has 0 radical (unpaired) electrons. The predicted octanol–water partition coefficient (Wildman–Crippen LogP) is -0.131. The number of carboxylic acids is 3. The summed E-state index contributed by atoms with van der Waals surface area (Å²) in [6.07, 6.45) is 1.27. The van der Waals surface area contributed by atoms with Crippen LogP contribution >= 0.6 is 0 Å². The first kappa shape index (κ1) is 19.1. The molecule has 0 saturated carbocycles. The van der Waals surface area contributed by atoms with Crippen molar-refractivity contribution < 1.29 is 34.5 Å². The van der Waals surface area contributed by atoms with Gasteiger partial charge in [0, 0.05) is 18.9 Å². The van der Waals surface area contributed by atoms with Crippen LogP contribution in [0.1, 0.15) is 25.7 Å². The minimum atomic E-state index is -1.58. The Morgan fingerprint density at radius 1 is 1.00 bits per heavy atom. The Morgan fingerprint density at radius 2 is 1.47 bits per heavy atom. The van der Waals surface area contributed by atoms with E-state index in [1.54, 1.807) is 6.08 Å². The van der Waals surface area contributed by atoms with Gasteiger partial charge in [-0.2, -0.15) is 0 Å². The molecule has 0 fully saturated rings. The average Bonchev–Trinajstić information content (AvgIpc) is 2.33. The highest BCUT2D eigenvalue weighted by Crippen LogP contribution is 1.93. The molecule has 19 heavy (non-hydrogen) atoms. The number of Topliss-reactive ketones (excluding diaryl/α,β-unsaturated/α-hetero) is 1. The fourth-order valence-corrected chi connectivity index (χ4v) is 0.735. The Morgan fingerprint density at radius 3 is 1.79 bits per heavy atom. The summed E-state index contributed by atoms with van der Waals surface area (Å²) >= 11 is 0. The van der Waals surface area contributed by atoms with Crippen LogP contribution in [0.25, 0.3) is 0 Å². The standard InChI is InChI=1S/C6H11NO2.C5H6O5/c1-2-5(7)3-4-6(8)9;6-3(5(9)10)1-2-4(7)8/h2,5H,1,3-4,7H2,(H,8,9);1-2H2,(H,7,8)(H,9,10). The molecule has 0 spiro atoms. The van der Waals surface area contributed by atoms with Crippen molar-refractivity contribution in [1.82, 2.24) is 0 Å². The number of nitrogens with two attached hydrogens (primary N) is 1. The van der Waals surface area contributed by atoms with Crippen LogP contribution in [-0.4, -0.2) is 45.1 Å². The molecule has 0 bridgehead atoms. The summed E-state index contributed by atoms with van der Waals surface area (Å²) in [5, 5.41) is 24.1. The van der Waals surface area contributed by atoms with Gasteiger partial charge in [0.05, 0.1) is 6.42 Å². The van der Waals surface area contributed by atoms with Crippen LogP contribution in [0, 0.1) is 0 Å². The summed E-state index contributed by atoms with van der Waals surface area (Å²) in [4.78, 5) is 39.7. The van der Waals surface area contributed by atoms with E-state index in [0.717, 1.165) is 0 Å². The lowest BCUT2D eigenvalue weighted by atomic mass is 10.2. The van der Waals surface area contributed by atoms with Crippen LogP contribution < -0.4 is 5.73 Å². The van der Waals surface area contributed by atoms with E-state index >= 15 is 0 Å². The zero-order valence-electron chi connectivity index (χ0n) is 10.2. The van der Waals surface area contributed by atoms with Gasteiger partial charge in [-0.3, -0.25) is 14.4 Å². The monoisotopic (exact) mass is 275 g/mol. The molecule has 0 aliphatic rings. The largest absolute Gasteiger partial charge is 0.481 e. The van der Waals surface area contributed by atoms with Crippen molar-refractivity contribution >= 4 is 23.7 Å². The number of hydrogen-bond donors (Lipinski definition) is 4. The number of carbonyl (C=O) groups is 4. The van der Waals surface area contributed by atoms with Gasteiger partial charge in [-0.1, -0.05) is 6.08 Å². The predicted molar refractivity (Wildman–Crippen MR) is 64.6 cm³/mol. The van der Waals surface area contributed by atoms with Gasteiger partial charge >= 0.3 is 17.9 Å². The quantitative estimate of drug-likeness (QED) is 0.352. The Hall–Kier alpha value is -2.22. The van der Waals surface area contributed by atoms with E-state index in [4.69, 9.17) is 21.1 Å². The molecule has 108 valence electrons. The van der Waals surface area contributed by atoms with Crippen molar-refractivity contribution in [3.8, 4) is 0 Å². The molecule has 0 saturated heterocycles. The van der Waals surface area contributed by atoms with E-state index in [-0.39, 0.29) is 12.5 Å². The summed E-state index contributed by atoms with van der Waals surface area (Å²) in [5.74, 6) is -4.63. The molecule has 0 aromatic carbocycles. The molecule has 5 N–H and O–H groups in total. The van der Waals surface area contributed by atoms with Gasteiger partial charge in [0.1, 0.15) is 0 Å². The Labute approximate surface area is 109 Å². The summed E-state index contributed by atoms with van der Waals surface area (Å²) in [6, 6.07) is -0.180. The molecular formula is C11H17NO7. The zero-order valence-corrected chi connectivity index (χ0v) is 10.2. The molecule has 0 amide bonds. The maximum absolute atomic E-state index is 10.2. The number of aliphatic carboxylic acids is 3. The SMILES string of the molecule is C=CC(N)CCC(=O)O.O=C(O)CCC(=O)C(=O)O. The maximum atomic E-state index is 10.2. The second-order valence-electron chi connectivity index (χ2n) is 3.45. The van der Waals surface area contributed by atoms with Crippen LogP contribution in [0.2, 0.25) is 0 Å². The summed E-state index contributed by atoms with van der Waals surface area (Å²) in [7, 11) is 0. The lowest BCUT2D eigenvalue weighted by Gasteiger charge is -2.00. The second kappa shape index (κ2) is 10.9. The van der Waals surface area contributed by atoms with Crippen LogP contribution in [0.15, 0.2) is 12.7 Å².